The molecule has 1 aromatic rings. The first kappa shape index (κ1) is 9.71. The van der Waals surface area contributed by atoms with Crippen LogP contribution in [0.5, 0.6) is 0 Å². The van der Waals surface area contributed by atoms with E-state index in [1.54, 1.807) is 18.3 Å². The molecule has 1 saturated carbocycles. The predicted molar refractivity (Wildman–Crippen MR) is 54.2 cm³/mol. The zero-order valence-electron chi connectivity index (χ0n) is 8.12. The molecule has 1 aliphatic rings. The molecule has 1 aliphatic carbocycles. The second kappa shape index (κ2) is 3.73. The lowest BCUT2D eigenvalue weighted by atomic mass is 9.91. The van der Waals surface area contributed by atoms with Gasteiger partial charge in [-0.1, -0.05) is 0 Å². The van der Waals surface area contributed by atoms with Gasteiger partial charge in [-0.3, -0.25) is 9.59 Å². The highest BCUT2D eigenvalue weighted by atomic mass is 16.3. The van der Waals surface area contributed by atoms with E-state index in [0.717, 1.165) is 0 Å². The van der Waals surface area contributed by atoms with Crippen LogP contribution in [-0.4, -0.2) is 21.7 Å². The Hall–Kier alpha value is -1.84. The number of aromatic amines is 1. The number of hydrogen-bond acceptors (Lipinski definition) is 3. The Balaban J connectivity index is 2.45. The summed E-state index contributed by atoms with van der Waals surface area (Å²) in [5.74, 6) is -0.758. The van der Waals surface area contributed by atoms with Crippen molar-refractivity contribution in [2.24, 2.45) is 0 Å². The van der Waals surface area contributed by atoms with Crippen molar-refractivity contribution in [3.05, 3.63) is 29.6 Å². The van der Waals surface area contributed by atoms with Gasteiger partial charge in [0.15, 0.2) is 17.3 Å². The summed E-state index contributed by atoms with van der Waals surface area (Å²) in [5, 5.41) is 9.78. The molecule has 0 atom stereocenters. The summed E-state index contributed by atoms with van der Waals surface area (Å²) in [4.78, 5) is 25.7. The van der Waals surface area contributed by atoms with Crippen molar-refractivity contribution in [3.63, 3.8) is 0 Å². The number of allylic oxidation sites excluding steroid dienone is 1. The molecule has 0 radical (unpaired) electrons. The van der Waals surface area contributed by atoms with Gasteiger partial charge >= 0.3 is 0 Å². The van der Waals surface area contributed by atoms with Crippen molar-refractivity contribution in [1.29, 1.82) is 0 Å². The Labute approximate surface area is 86.6 Å². The minimum atomic E-state index is -0.265. The molecule has 0 saturated heterocycles. The second-order valence-corrected chi connectivity index (χ2v) is 3.51. The molecular weight excluding hydrogens is 194 g/mol. The van der Waals surface area contributed by atoms with Crippen LogP contribution in [0.2, 0.25) is 0 Å². The molecule has 0 amide bonds. The van der Waals surface area contributed by atoms with Gasteiger partial charge in [-0.15, -0.1) is 0 Å². The predicted octanol–water partition coefficient (Wildman–Crippen LogP) is 1.61. The third-order valence-electron chi connectivity index (χ3n) is 2.46. The first-order valence-corrected chi connectivity index (χ1v) is 4.83. The number of aliphatic hydroxyl groups excluding tert-OH is 1. The largest absolute Gasteiger partial charge is 0.505 e. The van der Waals surface area contributed by atoms with Gasteiger partial charge in [0, 0.05) is 19.0 Å². The Morgan fingerprint density at radius 3 is 2.47 bits per heavy atom. The fourth-order valence-corrected chi connectivity index (χ4v) is 1.69. The smallest absolute Gasteiger partial charge is 0.170 e. The fraction of sp³-hybridized carbons (Fsp3) is 0.273. The van der Waals surface area contributed by atoms with Gasteiger partial charge in [-0.05, 0) is 18.6 Å². The molecule has 0 bridgehead atoms. The van der Waals surface area contributed by atoms with E-state index in [4.69, 9.17) is 0 Å². The first-order valence-electron chi connectivity index (χ1n) is 4.83. The molecule has 0 aliphatic heterocycles. The number of nitrogens with one attached hydrogen (secondary N) is 1. The average Bonchev–Trinajstić information content (AvgIpc) is 2.69. The highest BCUT2D eigenvalue weighted by molar-refractivity contribution is 6.25. The summed E-state index contributed by atoms with van der Waals surface area (Å²) in [6.45, 7) is 0. The van der Waals surface area contributed by atoms with Crippen LogP contribution in [0.4, 0.5) is 0 Å². The monoisotopic (exact) mass is 205 g/mol. The maximum Gasteiger partial charge on any atom is 0.170 e. The van der Waals surface area contributed by atoms with Crippen molar-refractivity contribution in [1.82, 2.24) is 4.98 Å². The number of carbonyl (C=O) groups is 2. The molecule has 4 nitrogen and oxygen atoms in total. The maximum absolute atomic E-state index is 11.5. The quantitative estimate of drug-likeness (QED) is 0.415. The van der Waals surface area contributed by atoms with Crippen molar-refractivity contribution in [2.45, 2.75) is 19.3 Å². The number of ketones is 2. The van der Waals surface area contributed by atoms with Gasteiger partial charge in [0.2, 0.25) is 0 Å². The third kappa shape index (κ3) is 1.70. The van der Waals surface area contributed by atoms with Crippen LogP contribution in [0.15, 0.2) is 23.9 Å². The van der Waals surface area contributed by atoms with Crippen LogP contribution < -0.4 is 0 Å². The maximum atomic E-state index is 11.5. The van der Waals surface area contributed by atoms with Gasteiger partial charge in [-0.2, -0.15) is 0 Å². The Morgan fingerprint density at radius 1 is 1.27 bits per heavy atom. The molecule has 0 spiro atoms. The molecule has 78 valence electrons. The van der Waals surface area contributed by atoms with Crippen LogP contribution in [0.3, 0.4) is 0 Å². The SMILES string of the molecule is O=C1CCCC(=O)C1=C(O)c1ccc[nH]1. The summed E-state index contributed by atoms with van der Waals surface area (Å²) in [7, 11) is 0. The lowest BCUT2D eigenvalue weighted by Gasteiger charge is -2.12. The topological polar surface area (TPSA) is 70.2 Å². The van der Waals surface area contributed by atoms with Gasteiger partial charge < -0.3 is 10.1 Å². The third-order valence-corrected chi connectivity index (χ3v) is 2.46. The van der Waals surface area contributed by atoms with Gasteiger partial charge in [0.1, 0.15) is 5.57 Å². The van der Waals surface area contributed by atoms with E-state index >= 15 is 0 Å². The Bertz CT molecular complexity index is 411. The van der Waals surface area contributed by atoms with Crippen LogP contribution in [0, 0.1) is 0 Å². The van der Waals surface area contributed by atoms with Crippen molar-refractivity contribution < 1.29 is 14.7 Å². The van der Waals surface area contributed by atoms with E-state index in [1.807, 2.05) is 0 Å². The number of carbonyl (C=O) groups excluding carboxylic acids is 2. The van der Waals surface area contributed by atoms with Crippen molar-refractivity contribution >= 4 is 17.3 Å². The number of rotatable bonds is 1. The highest BCUT2D eigenvalue weighted by Crippen LogP contribution is 2.23. The zero-order chi connectivity index (χ0) is 10.8. The van der Waals surface area contributed by atoms with E-state index in [2.05, 4.69) is 4.98 Å². The van der Waals surface area contributed by atoms with Gasteiger partial charge in [0.25, 0.3) is 0 Å². The Kier molecular flexibility index (Phi) is 2.41. The van der Waals surface area contributed by atoms with Gasteiger partial charge in [0.05, 0.1) is 5.69 Å². The van der Waals surface area contributed by atoms with E-state index in [1.165, 1.54) is 0 Å². The van der Waals surface area contributed by atoms with Crippen LogP contribution in [0.25, 0.3) is 5.76 Å². The second-order valence-electron chi connectivity index (χ2n) is 3.51. The fourth-order valence-electron chi connectivity index (χ4n) is 1.69. The Morgan fingerprint density at radius 2 is 1.93 bits per heavy atom. The van der Waals surface area contributed by atoms with Crippen LogP contribution in [0.1, 0.15) is 25.0 Å². The summed E-state index contributed by atoms with van der Waals surface area (Å²) in [6, 6.07) is 3.32. The minimum absolute atomic E-state index is 0.0521. The lowest BCUT2D eigenvalue weighted by Crippen LogP contribution is -2.20. The molecule has 2 rings (SSSR count). The van der Waals surface area contributed by atoms with Crippen molar-refractivity contribution in [3.8, 4) is 0 Å². The van der Waals surface area contributed by atoms with E-state index in [-0.39, 0.29) is 22.9 Å². The highest BCUT2D eigenvalue weighted by Gasteiger charge is 2.27. The van der Waals surface area contributed by atoms with Crippen LogP contribution in [-0.2, 0) is 9.59 Å². The molecule has 0 aromatic carbocycles. The number of H-pyrrole nitrogens is 1. The first-order chi connectivity index (χ1) is 7.20. The lowest BCUT2D eigenvalue weighted by molar-refractivity contribution is -0.123. The molecule has 2 N–H and O–H groups in total. The molecular formula is C11H11NO3. The number of aliphatic hydroxyl groups is 1. The average molecular weight is 205 g/mol. The summed E-state index contributed by atoms with van der Waals surface area (Å²) in [6.07, 6.45) is 2.89. The van der Waals surface area contributed by atoms with Gasteiger partial charge in [-0.25, -0.2) is 0 Å². The molecule has 1 aromatic heterocycles. The molecule has 15 heavy (non-hydrogen) atoms. The van der Waals surface area contributed by atoms with Crippen molar-refractivity contribution in [2.75, 3.05) is 0 Å². The zero-order valence-corrected chi connectivity index (χ0v) is 8.12. The summed E-state index contributed by atoms with van der Waals surface area (Å²) >= 11 is 0. The number of hydrogen-bond donors (Lipinski definition) is 2. The standard InChI is InChI=1S/C11H11NO3/c13-8-4-1-5-9(14)10(8)11(15)7-3-2-6-12-7/h2-3,6,12,15H,1,4-5H2. The normalized spacial score (nSPS) is 16.9. The molecule has 1 fully saturated rings. The number of aromatic nitrogens is 1. The van der Waals surface area contributed by atoms with Crippen LogP contribution >= 0.6 is 0 Å². The van der Waals surface area contributed by atoms with E-state index < -0.39 is 0 Å². The number of Topliss-reactive ketones (excluding diaryl/α,β-unsaturated/α-hetero) is 2. The molecule has 4 heteroatoms. The van der Waals surface area contributed by atoms with E-state index in [9.17, 15) is 14.7 Å². The summed E-state index contributed by atoms with van der Waals surface area (Å²) in [5.41, 5.74) is 0.359. The van der Waals surface area contributed by atoms with E-state index in [0.29, 0.717) is 25.0 Å². The molecule has 1 heterocycles. The molecule has 0 unspecified atom stereocenters. The summed E-state index contributed by atoms with van der Waals surface area (Å²) < 4.78 is 0. The minimum Gasteiger partial charge on any atom is -0.505 e.